The molecule has 8 nitrogen and oxygen atoms in total. The summed E-state index contributed by atoms with van der Waals surface area (Å²) >= 11 is 5.98. The highest BCUT2D eigenvalue weighted by molar-refractivity contribution is 6.30. The fourth-order valence-electron chi connectivity index (χ4n) is 4.95. The number of piperidine rings is 1. The Morgan fingerprint density at radius 3 is 2.36 bits per heavy atom. The normalized spacial score (nSPS) is 20.6. The van der Waals surface area contributed by atoms with Crippen LogP contribution in [-0.2, 0) is 16.1 Å². The maximum atomic E-state index is 13.1. The number of alkyl halides is 3. The average molecular weight is 568 g/mol. The van der Waals surface area contributed by atoms with Crippen molar-refractivity contribution in [2.24, 2.45) is 0 Å². The van der Waals surface area contributed by atoms with Crippen molar-refractivity contribution in [1.82, 2.24) is 15.1 Å². The number of amides is 2. The van der Waals surface area contributed by atoms with Gasteiger partial charge in [0.25, 0.3) is 0 Å². The van der Waals surface area contributed by atoms with Crippen molar-refractivity contribution in [3.05, 3.63) is 59.1 Å². The molecule has 0 spiro atoms. The number of benzene rings is 2. The summed E-state index contributed by atoms with van der Waals surface area (Å²) < 4.78 is 44.2. The lowest BCUT2D eigenvalue weighted by atomic mass is 10.0. The van der Waals surface area contributed by atoms with Crippen LogP contribution in [0.25, 0.3) is 0 Å². The predicted molar refractivity (Wildman–Crippen MR) is 144 cm³/mol. The Bertz CT molecular complexity index is 1140. The largest absolute Gasteiger partial charge is 0.490 e. The third kappa shape index (κ3) is 7.77. The van der Waals surface area contributed by atoms with Crippen molar-refractivity contribution in [3.63, 3.8) is 0 Å². The van der Waals surface area contributed by atoms with Crippen LogP contribution in [0.15, 0.2) is 48.5 Å². The molecule has 2 amide bonds. The zero-order valence-electron chi connectivity index (χ0n) is 21.9. The molecule has 4 rings (SSSR count). The number of halogens is 4. The Kier molecular flexibility index (Phi) is 9.24. The van der Waals surface area contributed by atoms with Gasteiger partial charge in [0.1, 0.15) is 6.10 Å². The number of anilines is 2. The van der Waals surface area contributed by atoms with Crippen LogP contribution in [0.2, 0.25) is 5.02 Å². The standard InChI is InChI=1S/C27H33ClF3N5O3/c1-34(2)26(38)33-21-5-3-4-6-23(21)36-16-22(24(17-36)39-25(37)27(29,30)31)32-20-11-13-35(14-12-20)15-18-7-9-19(28)10-8-18/h3-10,20,22,24,32H,11-17H2,1-2H3,(H,33,38). The van der Waals surface area contributed by atoms with E-state index >= 15 is 0 Å². The molecule has 0 saturated carbocycles. The first-order valence-electron chi connectivity index (χ1n) is 12.8. The van der Waals surface area contributed by atoms with E-state index in [4.69, 9.17) is 16.3 Å². The highest BCUT2D eigenvalue weighted by Crippen LogP contribution is 2.31. The molecule has 0 aromatic heterocycles. The van der Waals surface area contributed by atoms with Gasteiger partial charge >= 0.3 is 18.2 Å². The van der Waals surface area contributed by atoms with E-state index in [-0.39, 0.29) is 18.6 Å². The number of nitrogens with zero attached hydrogens (tertiary/aromatic N) is 3. The summed E-state index contributed by atoms with van der Waals surface area (Å²) in [7, 11) is 3.22. The van der Waals surface area contributed by atoms with E-state index in [9.17, 15) is 22.8 Å². The van der Waals surface area contributed by atoms with Crippen molar-refractivity contribution in [1.29, 1.82) is 0 Å². The molecule has 2 aromatic carbocycles. The summed E-state index contributed by atoms with van der Waals surface area (Å²) in [5, 5.41) is 6.97. The van der Waals surface area contributed by atoms with Crippen LogP contribution >= 0.6 is 11.6 Å². The van der Waals surface area contributed by atoms with Crippen LogP contribution in [0.4, 0.5) is 29.3 Å². The third-order valence-corrected chi connectivity index (χ3v) is 7.26. The van der Waals surface area contributed by atoms with Crippen molar-refractivity contribution >= 4 is 35.0 Å². The Morgan fingerprint density at radius 1 is 1.05 bits per heavy atom. The number of carbonyl (C=O) groups excluding carboxylic acids is 2. The summed E-state index contributed by atoms with van der Waals surface area (Å²) in [6.45, 7) is 2.81. The number of likely N-dealkylation sites (tertiary alicyclic amines) is 1. The van der Waals surface area contributed by atoms with Crippen LogP contribution in [0.3, 0.4) is 0 Å². The molecule has 2 aliphatic rings. The second-order valence-electron chi connectivity index (χ2n) is 10.1. The Hall–Kier alpha value is -3.02. The molecule has 39 heavy (non-hydrogen) atoms. The van der Waals surface area contributed by atoms with Crippen LogP contribution in [-0.4, -0.2) is 86.4 Å². The SMILES string of the molecule is CN(C)C(=O)Nc1ccccc1N1CC(NC2CCN(Cc3ccc(Cl)cc3)CC2)C(OC(=O)C(F)(F)F)C1. The predicted octanol–water partition coefficient (Wildman–Crippen LogP) is 4.35. The van der Waals surface area contributed by atoms with E-state index in [1.54, 1.807) is 38.4 Å². The summed E-state index contributed by atoms with van der Waals surface area (Å²) in [4.78, 5) is 29.6. The molecule has 2 unspecified atom stereocenters. The molecule has 2 heterocycles. The number of urea groups is 1. The number of hydrogen-bond acceptors (Lipinski definition) is 6. The van der Waals surface area contributed by atoms with E-state index in [1.807, 2.05) is 29.2 Å². The molecule has 2 fully saturated rings. The lowest BCUT2D eigenvalue weighted by Crippen LogP contribution is -2.51. The quantitative estimate of drug-likeness (QED) is 0.485. The van der Waals surface area contributed by atoms with Gasteiger partial charge in [0, 0.05) is 38.2 Å². The van der Waals surface area contributed by atoms with Gasteiger partial charge in [-0.05, 0) is 55.8 Å². The fraction of sp³-hybridized carbons (Fsp3) is 0.481. The molecule has 212 valence electrons. The van der Waals surface area contributed by atoms with Gasteiger partial charge in [0.2, 0.25) is 0 Å². The van der Waals surface area contributed by atoms with Crippen LogP contribution in [0.5, 0.6) is 0 Å². The number of carbonyl (C=O) groups is 2. The third-order valence-electron chi connectivity index (χ3n) is 7.01. The van der Waals surface area contributed by atoms with Gasteiger partial charge < -0.3 is 25.2 Å². The van der Waals surface area contributed by atoms with Gasteiger partial charge in [-0.3, -0.25) is 4.90 Å². The fourth-order valence-corrected chi connectivity index (χ4v) is 5.07. The van der Waals surface area contributed by atoms with Crippen LogP contribution < -0.4 is 15.5 Å². The molecule has 2 atom stereocenters. The summed E-state index contributed by atoms with van der Waals surface area (Å²) in [5.74, 6) is -2.20. The zero-order chi connectivity index (χ0) is 28.2. The molecule has 0 radical (unpaired) electrons. The van der Waals surface area contributed by atoms with Crippen molar-refractivity contribution in [2.75, 3.05) is 50.5 Å². The summed E-state index contributed by atoms with van der Waals surface area (Å²) in [5.41, 5.74) is 2.33. The monoisotopic (exact) mass is 567 g/mol. The molecule has 0 aliphatic carbocycles. The number of hydrogen-bond donors (Lipinski definition) is 2. The average Bonchev–Trinajstić information content (AvgIpc) is 3.28. The van der Waals surface area contributed by atoms with Gasteiger partial charge in [-0.25, -0.2) is 9.59 Å². The summed E-state index contributed by atoms with van der Waals surface area (Å²) in [6, 6.07) is 14.0. The van der Waals surface area contributed by atoms with Crippen LogP contribution in [0, 0.1) is 0 Å². The van der Waals surface area contributed by atoms with Crippen LogP contribution in [0.1, 0.15) is 18.4 Å². The number of nitrogens with one attached hydrogen (secondary N) is 2. The Balaban J connectivity index is 1.42. The maximum absolute atomic E-state index is 13.1. The topological polar surface area (TPSA) is 77.2 Å². The van der Waals surface area contributed by atoms with Gasteiger partial charge in [0.05, 0.1) is 24.0 Å². The van der Waals surface area contributed by atoms with E-state index in [0.717, 1.165) is 38.0 Å². The first kappa shape index (κ1) is 29.0. The van der Waals surface area contributed by atoms with E-state index in [2.05, 4.69) is 15.5 Å². The first-order valence-corrected chi connectivity index (χ1v) is 13.2. The van der Waals surface area contributed by atoms with Crippen molar-refractivity contribution in [2.45, 2.75) is 43.8 Å². The van der Waals surface area contributed by atoms with Crippen molar-refractivity contribution < 1.29 is 27.5 Å². The molecule has 2 aromatic rings. The Labute approximate surface area is 231 Å². The lowest BCUT2D eigenvalue weighted by molar-refractivity contribution is -0.204. The maximum Gasteiger partial charge on any atom is 0.490 e. The highest BCUT2D eigenvalue weighted by Gasteiger charge is 2.46. The zero-order valence-corrected chi connectivity index (χ0v) is 22.6. The number of para-hydroxylation sites is 2. The highest BCUT2D eigenvalue weighted by atomic mass is 35.5. The van der Waals surface area contributed by atoms with Gasteiger partial charge in [0.15, 0.2) is 0 Å². The summed E-state index contributed by atoms with van der Waals surface area (Å²) in [6.07, 6.45) is -4.48. The minimum absolute atomic E-state index is 0.0593. The molecular weight excluding hydrogens is 535 g/mol. The minimum Gasteiger partial charge on any atom is -0.452 e. The number of ether oxygens (including phenoxy) is 1. The molecule has 2 aliphatic heterocycles. The molecule has 12 heteroatoms. The van der Waals surface area contributed by atoms with E-state index in [0.29, 0.717) is 22.9 Å². The Morgan fingerprint density at radius 2 is 1.72 bits per heavy atom. The minimum atomic E-state index is -5.08. The smallest absolute Gasteiger partial charge is 0.452 e. The van der Waals surface area contributed by atoms with Gasteiger partial charge in [-0.15, -0.1) is 0 Å². The molecule has 2 N–H and O–H groups in total. The van der Waals surface area contributed by atoms with Crippen molar-refractivity contribution in [3.8, 4) is 0 Å². The lowest BCUT2D eigenvalue weighted by Gasteiger charge is -2.34. The molecular formula is C27H33ClF3N5O3. The first-order chi connectivity index (χ1) is 18.5. The van der Waals surface area contributed by atoms with E-state index < -0.39 is 24.3 Å². The number of rotatable bonds is 7. The second-order valence-corrected chi connectivity index (χ2v) is 10.6. The van der Waals surface area contributed by atoms with Gasteiger partial charge in [-0.2, -0.15) is 13.2 Å². The van der Waals surface area contributed by atoms with E-state index in [1.165, 1.54) is 4.90 Å². The number of esters is 1. The molecule has 2 saturated heterocycles. The molecule has 0 bridgehead atoms. The van der Waals surface area contributed by atoms with Gasteiger partial charge in [-0.1, -0.05) is 35.9 Å². The second kappa shape index (κ2) is 12.4.